The minimum Gasteiger partial charge on any atom is -0.281 e. The van der Waals surface area contributed by atoms with Gasteiger partial charge in [0.2, 0.25) is 0 Å². The minimum absolute atomic E-state index is 0.0344. The lowest BCUT2D eigenvalue weighted by molar-refractivity contribution is 0.485. The van der Waals surface area contributed by atoms with Gasteiger partial charge in [0.1, 0.15) is 0 Å². The van der Waals surface area contributed by atoms with Gasteiger partial charge in [0.05, 0.1) is 4.47 Å². The summed E-state index contributed by atoms with van der Waals surface area (Å²) in [5, 5.41) is 1.76. The van der Waals surface area contributed by atoms with Gasteiger partial charge in [-0.25, -0.2) is 0 Å². The predicted octanol–water partition coefficient (Wildman–Crippen LogP) is 3.96. The molecule has 0 aliphatic carbocycles. The summed E-state index contributed by atoms with van der Waals surface area (Å²) in [6.45, 7) is 4.05. The Morgan fingerprint density at radius 3 is 2.53 bits per heavy atom. The fourth-order valence-electron chi connectivity index (χ4n) is 1.85. The van der Waals surface area contributed by atoms with Gasteiger partial charge in [0, 0.05) is 0 Å². The largest absolute Gasteiger partial charge is 0.305 e. The van der Waals surface area contributed by atoms with Gasteiger partial charge < -0.3 is 0 Å². The Morgan fingerprint density at radius 2 is 1.95 bits per heavy atom. The molecule has 0 atom stereocenters. The van der Waals surface area contributed by atoms with Crippen molar-refractivity contribution in [1.29, 1.82) is 0 Å². The highest BCUT2D eigenvalue weighted by molar-refractivity contribution is 9.10. The summed E-state index contributed by atoms with van der Waals surface area (Å²) in [6.07, 6.45) is 0.639. The molecule has 0 fully saturated rings. The fraction of sp³-hybridized carbons (Fsp3) is 0.231. The van der Waals surface area contributed by atoms with E-state index in [0.717, 1.165) is 28.0 Å². The molecule has 6 heteroatoms. The third kappa shape index (κ3) is 3.25. The Kier molecular flexibility index (Phi) is 4.15. The summed E-state index contributed by atoms with van der Waals surface area (Å²) in [5.74, 6) is 0. The van der Waals surface area contributed by atoms with E-state index in [1.807, 2.05) is 19.9 Å². The molecule has 2 rings (SSSR count). The van der Waals surface area contributed by atoms with Crippen LogP contribution < -0.4 is 0 Å². The zero-order valence-corrected chi connectivity index (χ0v) is 13.7. The fourth-order valence-corrected chi connectivity index (χ4v) is 4.82. The topological polar surface area (TPSA) is 54.4 Å². The van der Waals surface area contributed by atoms with Gasteiger partial charge in [0.25, 0.3) is 0 Å². The maximum absolute atomic E-state index is 11.2. The second kappa shape index (κ2) is 5.36. The maximum atomic E-state index is 11.2. The van der Waals surface area contributed by atoms with Gasteiger partial charge >= 0.3 is 10.1 Å². The molecular formula is C13H13BrO3S2. The van der Waals surface area contributed by atoms with Crippen LogP contribution in [0.4, 0.5) is 0 Å². The minimum atomic E-state index is -4.15. The number of aryl methyl sites for hydroxylation is 2. The predicted molar refractivity (Wildman–Crippen MR) is 80.6 cm³/mol. The van der Waals surface area contributed by atoms with Crippen LogP contribution in [0.25, 0.3) is 0 Å². The molecule has 0 unspecified atom stereocenters. The summed E-state index contributed by atoms with van der Waals surface area (Å²) in [7, 11) is -4.15. The average Bonchev–Trinajstić information content (AvgIpc) is 2.65. The second-order valence-electron chi connectivity index (χ2n) is 4.44. The van der Waals surface area contributed by atoms with E-state index >= 15 is 0 Å². The molecule has 19 heavy (non-hydrogen) atoms. The van der Waals surface area contributed by atoms with E-state index in [4.69, 9.17) is 4.55 Å². The second-order valence-corrected chi connectivity index (χ2v) is 7.73. The van der Waals surface area contributed by atoms with Crippen LogP contribution in [-0.2, 0) is 16.5 Å². The van der Waals surface area contributed by atoms with Crippen LogP contribution in [0.1, 0.15) is 22.3 Å². The first-order chi connectivity index (χ1) is 8.79. The maximum Gasteiger partial charge on any atom is 0.305 e. The lowest BCUT2D eigenvalue weighted by atomic mass is 10.0. The Bertz CT molecular complexity index is 717. The molecule has 1 N–H and O–H groups in total. The van der Waals surface area contributed by atoms with Crippen molar-refractivity contribution in [3.63, 3.8) is 0 Å². The van der Waals surface area contributed by atoms with E-state index in [1.165, 1.54) is 5.56 Å². The van der Waals surface area contributed by atoms with Crippen molar-refractivity contribution in [3.05, 3.63) is 50.3 Å². The van der Waals surface area contributed by atoms with E-state index < -0.39 is 10.1 Å². The molecule has 1 aromatic heterocycles. The van der Waals surface area contributed by atoms with Gasteiger partial charge in [0.15, 0.2) is 4.21 Å². The molecule has 0 saturated carbocycles. The number of hydrogen-bond donors (Lipinski definition) is 1. The van der Waals surface area contributed by atoms with E-state index in [1.54, 1.807) is 5.38 Å². The average molecular weight is 361 g/mol. The summed E-state index contributed by atoms with van der Waals surface area (Å²) >= 11 is 4.29. The smallest absolute Gasteiger partial charge is 0.281 e. The lowest BCUT2D eigenvalue weighted by Gasteiger charge is -2.06. The van der Waals surface area contributed by atoms with Crippen molar-refractivity contribution in [3.8, 4) is 0 Å². The summed E-state index contributed by atoms with van der Waals surface area (Å²) in [4.78, 5) is 0. The van der Waals surface area contributed by atoms with Crippen LogP contribution >= 0.6 is 27.3 Å². The van der Waals surface area contributed by atoms with Crippen LogP contribution in [0.2, 0.25) is 0 Å². The third-order valence-electron chi connectivity index (χ3n) is 2.89. The zero-order valence-electron chi connectivity index (χ0n) is 10.5. The SMILES string of the molecule is Cc1ccc(C)c(Cc2csc(S(=O)(=O)O)c2Br)c1. The molecule has 2 aromatic rings. The summed E-state index contributed by atoms with van der Waals surface area (Å²) in [6, 6.07) is 6.19. The molecule has 0 saturated heterocycles. The van der Waals surface area contributed by atoms with Crippen molar-refractivity contribution < 1.29 is 13.0 Å². The molecule has 0 bridgehead atoms. The molecule has 102 valence electrons. The van der Waals surface area contributed by atoms with Crippen LogP contribution in [-0.4, -0.2) is 13.0 Å². The Balaban J connectivity index is 2.40. The molecule has 0 radical (unpaired) electrons. The van der Waals surface area contributed by atoms with Crippen molar-refractivity contribution >= 4 is 37.4 Å². The van der Waals surface area contributed by atoms with Crippen molar-refractivity contribution in [2.45, 2.75) is 24.5 Å². The molecule has 1 heterocycles. The first-order valence-corrected chi connectivity index (χ1v) is 8.70. The molecule has 0 aliphatic rings. The Labute approximate surface area is 125 Å². The monoisotopic (exact) mass is 360 g/mol. The van der Waals surface area contributed by atoms with Gasteiger partial charge in [-0.1, -0.05) is 23.8 Å². The van der Waals surface area contributed by atoms with E-state index in [9.17, 15) is 8.42 Å². The highest BCUT2D eigenvalue weighted by atomic mass is 79.9. The molecule has 3 nitrogen and oxygen atoms in total. The van der Waals surface area contributed by atoms with E-state index in [0.29, 0.717) is 10.9 Å². The Morgan fingerprint density at radius 1 is 1.26 bits per heavy atom. The number of rotatable bonds is 3. The Hall–Kier alpha value is -0.690. The standard InChI is InChI=1S/C13H13BrO3S2/c1-8-3-4-9(2)10(5-8)6-11-7-18-13(12(11)14)19(15,16)17/h3-5,7H,6H2,1-2H3,(H,15,16,17). The molecule has 0 aliphatic heterocycles. The first kappa shape index (κ1) is 14.7. The molecule has 0 amide bonds. The van der Waals surface area contributed by atoms with Crippen molar-refractivity contribution in [1.82, 2.24) is 0 Å². The highest BCUT2D eigenvalue weighted by Crippen LogP contribution is 2.34. The molecule has 1 aromatic carbocycles. The number of hydrogen-bond acceptors (Lipinski definition) is 3. The first-order valence-electron chi connectivity index (χ1n) is 5.58. The quantitative estimate of drug-likeness (QED) is 0.842. The lowest BCUT2D eigenvalue weighted by Crippen LogP contribution is -1.97. The van der Waals surface area contributed by atoms with Crippen molar-refractivity contribution in [2.75, 3.05) is 0 Å². The third-order valence-corrected chi connectivity index (χ3v) is 6.73. The number of benzene rings is 1. The number of halogens is 1. The van der Waals surface area contributed by atoms with Crippen LogP contribution in [0, 0.1) is 13.8 Å². The highest BCUT2D eigenvalue weighted by Gasteiger charge is 2.20. The molecule has 0 spiro atoms. The normalized spacial score (nSPS) is 11.8. The zero-order chi connectivity index (χ0) is 14.2. The van der Waals surface area contributed by atoms with Gasteiger partial charge in [-0.2, -0.15) is 8.42 Å². The summed E-state index contributed by atoms with van der Waals surface area (Å²) < 4.78 is 31.9. The van der Waals surface area contributed by atoms with E-state index in [2.05, 4.69) is 28.1 Å². The van der Waals surface area contributed by atoms with Gasteiger partial charge in [-0.3, -0.25) is 4.55 Å². The van der Waals surface area contributed by atoms with E-state index in [-0.39, 0.29) is 4.21 Å². The number of thiophene rings is 1. The molecular weight excluding hydrogens is 348 g/mol. The van der Waals surface area contributed by atoms with Crippen LogP contribution in [0.3, 0.4) is 0 Å². The van der Waals surface area contributed by atoms with Gasteiger partial charge in [-0.15, -0.1) is 11.3 Å². The van der Waals surface area contributed by atoms with Crippen LogP contribution in [0.5, 0.6) is 0 Å². The van der Waals surface area contributed by atoms with Crippen molar-refractivity contribution in [2.24, 2.45) is 0 Å². The summed E-state index contributed by atoms with van der Waals surface area (Å²) in [5.41, 5.74) is 4.35. The van der Waals surface area contributed by atoms with Crippen LogP contribution in [0.15, 0.2) is 32.3 Å². The van der Waals surface area contributed by atoms with Gasteiger partial charge in [-0.05, 0) is 58.3 Å².